The molecule has 3 atom stereocenters. The van der Waals surface area contributed by atoms with Crippen molar-refractivity contribution in [2.75, 3.05) is 26.4 Å². The van der Waals surface area contributed by atoms with Crippen molar-refractivity contribution in [3.63, 3.8) is 0 Å². The van der Waals surface area contributed by atoms with Gasteiger partial charge in [0.2, 0.25) is 0 Å². The van der Waals surface area contributed by atoms with Crippen molar-refractivity contribution in [3.8, 4) is 46.0 Å². The summed E-state index contributed by atoms with van der Waals surface area (Å²) in [6.45, 7) is 35.3. The van der Waals surface area contributed by atoms with E-state index in [-0.39, 0.29) is 18.9 Å². The Bertz CT molecular complexity index is 4160. The Morgan fingerprint density at radius 1 is 0.309 bits per heavy atom. The Morgan fingerprint density at radius 3 is 0.773 bits per heavy atom. The monoisotopic (exact) mass is 1480 g/mol. The van der Waals surface area contributed by atoms with Gasteiger partial charge in [0.05, 0.1) is 19.8 Å². The van der Waals surface area contributed by atoms with Crippen LogP contribution in [0.3, 0.4) is 0 Å². The van der Waals surface area contributed by atoms with Gasteiger partial charge in [0.15, 0.2) is 18.9 Å². The third-order valence-electron chi connectivity index (χ3n) is 20.3. The van der Waals surface area contributed by atoms with Crippen LogP contribution < -0.4 is 18.9 Å². The average Bonchev–Trinajstić information content (AvgIpc) is 0.823. The van der Waals surface area contributed by atoms with Crippen LogP contribution in [0.1, 0.15) is 226 Å². The molecule has 0 aromatic heterocycles. The van der Waals surface area contributed by atoms with Crippen LogP contribution in [0.5, 0.6) is 46.0 Å². The van der Waals surface area contributed by atoms with Crippen molar-refractivity contribution in [2.24, 2.45) is 0 Å². The molecule has 11 rings (SSSR count). The molecule has 4 N–H and O–H groups in total. The molecule has 3 aliphatic rings. The summed E-state index contributed by atoms with van der Waals surface area (Å²) in [4.78, 5) is 0. The van der Waals surface area contributed by atoms with E-state index >= 15 is 0 Å². The van der Waals surface area contributed by atoms with E-state index < -0.39 is 0 Å². The maximum absolute atomic E-state index is 10.1. The summed E-state index contributed by atoms with van der Waals surface area (Å²) in [7, 11) is 0. The number of ether oxygens (including phenoxy) is 7. The van der Waals surface area contributed by atoms with Crippen molar-refractivity contribution < 1.29 is 53.6 Å². The molecule has 3 unspecified atom stereocenters. The summed E-state index contributed by atoms with van der Waals surface area (Å²) >= 11 is 0. The number of allylic oxidation sites excluding steroid dienone is 11. The summed E-state index contributed by atoms with van der Waals surface area (Å²) in [5.74, 6) is 4.69. The molecule has 0 amide bonds. The average molecular weight is 1490 g/mol. The number of phenolic OH excluding ortho intramolecular Hbond substituents is 4. The Kier molecular flexibility index (Phi) is 35.6. The summed E-state index contributed by atoms with van der Waals surface area (Å²) in [6.07, 6.45) is 26.0. The molecule has 0 radical (unpaired) electrons. The molecule has 0 aliphatic carbocycles. The fraction of sp³-hybridized carbons (Fsp3) is 0.354. The van der Waals surface area contributed by atoms with Crippen LogP contribution in [0.25, 0.3) is 44.6 Å². The van der Waals surface area contributed by atoms with Crippen molar-refractivity contribution in [1.29, 1.82) is 0 Å². The number of benzene rings is 8. The number of hydrogen-bond acceptors (Lipinski definition) is 11. The highest BCUT2D eigenvalue weighted by Crippen LogP contribution is 2.40. The first-order chi connectivity index (χ1) is 53.7. The van der Waals surface area contributed by atoms with Crippen molar-refractivity contribution in [2.45, 2.75) is 203 Å². The molecule has 3 aliphatic heterocycles. The van der Waals surface area contributed by atoms with E-state index in [1.807, 2.05) is 60.7 Å². The molecule has 110 heavy (non-hydrogen) atoms. The molecule has 0 spiro atoms. The van der Waals surface area contributed by atoms with Gasteiger partial charge in [-0.25, -0.2) is 0 Å². The fourth-order valence-electron chi connectivity index (χ4n) is 14.7. The zero-order valence-electron chi connectivity index (χ0n) is 66.7. The van der Waals surface area contributed by atoms with Gasteiger partial charge in [0.1, 0.15) is 52.6 Å². The minimum Gasteiger partial charge on any atom is -0.508 e. The van der Waals surface area contributed by atoms with Crippen molar-refractivity contribution in [1.82, 2.24) is 0 Å². The second-order valence-corrected chi connectivity index (χ2v) is 27.7. The first-order valence-corrected chi connectivity index (χ1v) is 40.1. The number of phenols is 4. The molecule has 3 saturated heterocycles. The van der Waals surface area contributed by atoms with Crippen LogP contribution >= 0.6 is 0 Å². The maximum atomic E-state index is 10.1. The molecular weight excluding hydrogens is 1370 g/mol. The number of hydrogen-bond donors (Lipinski definition) is 4. The lowest BCUT2D eigenvalue weighted by atomic mass is 9.89. The highest BCUT2D eigenvalue weighted by Gasteiger charge is 2.21. The number of rotatable bonds is 31. The van der Waals surface area contributed by atoms with Gasteiger partial charge in [-0.05, 0) is 312 Å². The fourth-order valence-corrected chi connectivity index (χ4v) is 14.7. The van der Waals surface area contributed by atoms with Crippen LogP contribution in [0.2, 0.25) is 0 Å². The lowest BCUT2D eigenvalue weighted by molar-refractivity contribution is -0.106. The Morgan fingerprint density at radius 2 is 0.545 bits per heavy atom. The van der Waals surface area contributed by atoms with Gasteiger partial charge in [-0.1, -0.05) is 165 Å². The molecule has 0 bridgehead atoms. The van der Waals surface area contributed by atoms with Gasteiger partial charge >= 0.3 is 0 Å². The third kappa shape index (κ3) is 25.0. The molecule has 8 aromatic carbocycles. The Labute approximate surface area is 657 Å². The predicted octanol–water partition coefficient (Wildman–Crippen LogP) is 26.0. The highest BCUT2D eigenvalue weighted by molar-refractivity contribution is 5.94. The van der Waals surface area contributed by atoms with E-state index in [0.717, 1.165) is 178 Å². The minimum absolute atomic E-state index is 0.110. The predicted molar refractivity (Wildman–Crippen MR) is 458 cm³/mol. The molecule has 11 nitrogen and oxygen atoms in total. The van der Waals surface area contributed by atoms with Gasteiger partial charge in [0.25, 0.3) is 0 Å². The van der Waals surface area contributed by atoms with E-state index in [1.165, 1.54) is 79.7 Å². The molecule has 582 valence electrons. The largest absolute Gasteiger partial charge is 0.508 e. The second-order valence-electron chi connectivity index (χ2n) is 27.7. The molecular formula is C99H120O11. The van der Waals surface area contributed by atoms with E-state index in [0.29, 0.717) is 48.9 Å². The van der Waals surface area contributed by atoms with E-state index in [9.17, 15) is 20.4 Å². The van der Waals surface area contributed by atoms with Crippen molar-refractivity contribution >= 4 is 44.6 Å². The van der Waals surface area contributed by atoms with Gasteiger partial charge in [-0.15, -0.1) is 19.7 Å². The Balaban J connectivity index is 0.000000185. The van der Waals surface area contributed by atoms with Gasteiger partial charge < -0.3 is 53.6 Å². The summed E-state index contributed by atoms with van der Waals surface area (Å²) in [5, 5.41) is 39.7. The molecule has 11 heteroatoms. The topological polar surface area (TPSA) is 146 Å². The van der Waals surface area contributed by atoms with E-state index in [2.05, 4.69) is 173 Å². The molecule has 8 aromatic rings. The second kappa shape index (κ2) is 45.8. The van der Waals surface area contributed by atoms with E-state index in [1.54, 1.807) is 48.6 Å². The van der Waals surface area contributed by atoms with Gasteiger partial charge in [0, 0.05) is 19.3 Å². The normalized spacial score (nSPS) is 16.3. The van der Waals surface area contributed by atoms with E-state index in [4.69, 9.17) is 33.2 Å². The van der Waals surface area contributed by atoms with Gasteiger partial charge in [-0.3, -0.25) is 0 Å². The van der Waals surface area contributed by atoms with Crippen LogP contribution in [0.4, 0.5) is 0 Å². The van der Waals surface area contributed by atoms with Gasteiger partial charge in [-0.2, -0.15) is 0 Å². The van der Waals surface area contributed by atoms with Crippen LogP contribution in [-0.4, -0.2) is 65.7 Å². The summed E-state index contributed by atoms with van der Waals surface area (Å²) in [6, 6.07) is 58.4. The zero-order chi connectivity index (χ0) is 78.6. The first kappa shape index (κ1) is 85.6. The zero-order valence-corrected chi connectivity index (χ0v) is 66.7. The SMILES string of the molecule is C=CCOc1ccc(/C(CC)=C(\CC)c2ccc(O)c(CC=C)c2)cc1.C=CCc1cc(/C(CC)=C(\CC)c2ccc(O)c(CC=C)c2)ccc1O.CC/C(=C(/CC)c1ccc(OC2CCCCO2)cc1)c1ccc(O)cc1.CC/C(=C(/CC)c1ccc(OC2CCCCO2)cc1)c1ccc(OC2CCCCO2)cc1. The lowest BCUT2D eigenvalue weighted by Crippen LogP contribution is -2.24. The molecule has 0 saturated carbocycles. The quantitative estimate of drug-likeness (QED) is 0.0243. The number of aromatic hydroxyl groups is 4. The third-order valence-corrected chi connectivity index (χ3v) is 20.3. The van der Waals surface area contributed by atoms with Crippen LogP contribution in [-0.2, 0) is 33.5 Å². The smallest absolute Gasteiger partial charge is 0.199 e. The molecule has 3 heterocycles. The highest BCUT2D eigenvalue weighted by atomic mass is 16.7. The van der Waals surface area contributed by atoms with Crippen LogP contribution in [0, 0.1) is 0 Å². The lowest BCUT2D eigenvalue weighted by Gasteiger charge is -2.24. The Hall–Kier alpha value is -10.0. The summed E-state index contributed by atoms with van der Waals surface area (Å²) in [5.41, 5.74) is 22.7. The molecule has 3 fully saturated rings. The van der Waals surface area contributed by atoms with Crippen molar-refractivity contribution in [3.05, 3.63) is 288 Å². The standard InChI is InChI=1S/C28H36O4.2C24H28O2.C23H28O3/c1-3-25(21-11-15-23(16-12-21)31-27-9-5-7-19-29-27)26(4-2)22-13-17-24(18-14-22)32-28-10-6-8-20-30-28;1-5-9-20-17-19(12-15-24(20)25)23(8-4)22(7-3)18-10-13-21(14-11-18)26-16-6-2;1-5-9-19-15-17(11-13-23(19)25)21(7-3)22(8-4)18-12-14-24(26)20(16-18)10-6-2;1-3-21(17-8-12-19(24)13-9-17)22(4-2)18-10-14-20(15-11-18)26-23-7-5-6-16-25-23/h11-18,27-28H,3-10,19-20H2,1-2H3;5-6,10-15,17,25H,1-2,7-9,16H2,3-4H3;5-6,11-16,25-26H,1-2,7-10H2,3-4H3;8-15,23-24H,3-7,16H2,1-2H3/b26-25+;23-22+;2*22-21+. The first-order valence-electron chi connectivity index (χ1n) is 40.1. The summed E-state index contributed by atoms with van der Waals surface area (Å²) < 4.78 is 40.6. The minimum atomic E-state index is -0.112. The van der Waals surface area contributed by atoms with Crippen LogP contribution in [0.15, 0.2) is 227 Å². The maximum Gasteiger partial charge on any atom is 0.199 e.